The van der Waals surface area contributed by atoms with E-state index in [4.69, 9.17) is 11.6 Å². The number of hydrogen-bond acceptors (Lipinski definition) is 2. The second-order valence-corrected chi connectivity index (χ2v) is 8.21. The lowest BCUT2D eigenvalue weighted by Crippen LogP contribution is -2.31. The molecule has 0 spiro atoms. The third-order valence-electron chi connectivity index (χ3n) is 4.17. The van der Waals surface area contributed by atoms with Gasteiger partial charge in [0.15, 0.2) is 0 Å². The Morgan fingerprint density at radius 2 is 1.81 bits per heavy atom. The molecule has 144 valence electrons. The van der Waals surface area contributed by atoms with Gasteiger partial charge in [0, 0.05) is 32.5 Å². The molecule has 1 unspecified atom stereocenters. The van der Waals surface area contributed by atoms with Crippen LogP contribution in [-0.2, 0) is 16.6 Å². The first kappa shape index (κ1) is 20.0. The summed E-state index contributed by atoms with van der Waals surface area (Å²) < 4.78 is 54.8. The molecule has 2 aromatic carbocycles. The van der Waals surface area contributed by atoms with Gasteiger partial charge < -0.3 is 5.32 Å². The van der Waals surface area contributed by atoms with E-state index in [0.29, 0.717) is 21.6 Å². The van der Waals surface area contributed by atoms with E-state index in [1.807, 2.05) is 13.8 Å². The Labute approximate surface area is 163 Å². The molecule has 3 rings (SSSR count). The molecule has 0 aliphatic carbocycles. The van der Waals surface area contributed by atoms with E-state index in [1.165, 1.54) is 23.9 Å². The van der Waals surface area contributed by atoms with Crippen molar-refractivity contribution in [3.05, 3.63) is 58.1 Å². The monoisotopic (exact) mass is 417 g/mol. The van der Waals surface area contributed by atoms with Crippen LogP contribution in [0.1, 0.15) is 30.5 Å². The highest BCUT2D eigenvalue weighted by Crippen LogP contribution is 2.48. The van der Waals surface area contributed by atoms with Crippen molar-refractivity contribution in [1.29, 1.82) is 0 Å². The Morgan fingerprint density at radius 1 is 1.15 bits per heavy atom. The molecule has 1 aliphatic heterocycles. The van der Waals surface area contributed by atoms with Crippen LogP contribution in [0.25, 0.3) is 0 Å². The van der Waals surface area contributed by atoms with Crippen LogP contribution in [0.5, 0.6) is 0 Å². The molecular weight excluding hydrogens is 402 g/mol. The molecule has 2 aromatic rings. The molecular formula is C19H16ClF4NOS. The molecule has 1 heterocycles. The number of fused-ring (bicyclic) bond motifs is 1. The van der Waals surface area contributed by atoms with Crippen LogP contribution in [0, 0.1) is 5.92 Å². The van der Waals surface area contributed by atoms with Crippen molar-refractivity contribution in [3.8, 4) is 0 Å². The third kappa shape index (κ3) is 3.67. The molecule has 0 radical (unpaired) electrons. The molecule has 1 atom stereocenters. The second kappa shape index (κ2) is 7.02. The van der Waals surface area contributed by atoms with Gasteiger partial charge >= 0.3 is 6.18 Å². The van der Waals surface area contributed by atoms with Crippen molar-refractivity contribution in [2.75, 3.05) is 11.1 Å². The predicted octanol–water partition coefficient (Wildman–Crippen LogP) is 6.27. The molecule has 0 saturated heterocycles. The summed E-state index contributed by atoms with van der Waals surface area (Å²) in [5, 5.41) is 2.64. The SMILES string of the molecule is CC(C)CSc1cc(Cl)ccc1C1(F)C(=O)Nc2cc(C(F)(F)F)ccc21. The number of carbonyl (C=O) groups excluding carboxylic acids is 1. The quantitative estimate of drug-likeness (QED) is 0.469. The van der Waals surface area contributed by atoms with Crippen LogP contribution in [-0.4, -0.2) is 11.7 Å². The van der Waals surface area contributed by atoms with E-state index >= 15 is 4.39 Å². The van der Waals surface area contributed by atoms with Crippen LogP contribution in [0.15, 0.2) is 41.3 Å². The minimum atomic E-state index is -4.58. The highest BCUT2D eigenvalue weighted by molar-refractivity contribution is 7.99. The van der Waals surface area contributed by atoms with E-state index in [0.717, 1.165) is 18.2 Å². The number of carbonyl (C=O) groups is 1. The number of halogens is 5. The zero-order valence-electron chi connectivity index (χ0n) is 14.5. The number of anilines is 1. The Balaban J connectivity index is 2.12. The number of hydrogen-bond donors (Lipinski definition) is 1. The molecule has 0 fully saturated rings. The first-order valence-corrected chi connectivity index (χ1v) is 9.54. The van der Waals surface area contributed by atoms with Gasteiger partial charge in [-0.2, -0.15) is 13.2 Å². The fraction of sp³-hybridized carbons (Fsp3) is 0.316. The minimum Gasteiger partial charge on any atom is -0.322 e. The van der Waals surface area contributed by atoms with Crippen LogP contribution >= 0.6 is 23.4 Å². The standard InChI is InChI=1S/C19H16ClF4NOS/c1-10(2)9-27-16-8-12(20)4-6-14(16)18(21)13-5-3-11(19(22,23)24)7-15(13)25-17(18)26/h3-8,10H,9H2,1-2H3,(H,25,26). The molecule has 1 aliphatic rings. The summed E-state index contributed by atoms with van der Waals surface area (Å²) in [6.07, 6.45) is -4.58. The summed E-state index contributed by atoms with van der Waals surface area (Å²) in [4.78, 5) is 13.0. The van der Waals surface area contributed by atoms with Gasteiger partial charge in [-0.25, -0.2) is 4.39 Å². The number of amides is 1. The maximum atomic E-state index is 16.0. The lowest BCUT2D eigenvalue weighted by Gasteiger charge is -2.22. The average Bonchev–Trinajstić information content (AvgIpc) is 2.83. The molecule has 0 aromatic heterocycles. The van der Waals surface area contributed by atoms with Crippen LogP contribution in [0.3, 0.4) is 0 Å². The molecule has 1 amide bonds. The molecule has 0 saturated carbocycles. The molecule has 0 bridgehead atoms. The summed E-state index contributed by atoms with van der Waals surface area (Å²) in [7, 11) is 0. The van der Waals surface area contributed by atoms with Crippen LogP contribution in [0.4, 0.5) is 23.2 Å². The number of alkyl halides is 4. The van der Waals surface area contributed by atoms with E-state index in [9.17, 15) is 18.0 Å². The Hall–Kier alpha value is -1.73. The average molecular weight is 418 g/mol. The Bertz CT molecular complexity index is 900. The Kier molecular flexibility index (Phi) is 5.20. The van der Waals surface area contributed by atoms with Crippen molar-refractivity contribution in [2.45, 2.75) is 30.6 Å². The minimum absolute atomic E-state index is 0.0774. The topological polar surface area (TPSA) is 29.1 Å². The molecule has 8 heteroatoms. The molecule has 27 heavy (non-hydrogen) atoms. The van der Waals surface area contributed by atoms with E-state index in [1.54, 1.807) is 6.07 Å². The second-order valence-electron chi connectivity index (χ2n) is 6.72. The zero-order chi connectivity index (χ0) is 20.0. The normalized spacial score (nSPS) is 19.3. The summed E-state index contributed by atoms with van der Waals surface area (Å²) in [6, 6.07) is 7.00. The van der Waals surface area contributed by atoms with Crippen molar-refractivity contribution in [3.63, 3.8) is 0 Å². The number of thioether (sulfide) groups is 1. The van der Waals surface area contributed by atoms with Gasteiger partial charge in [-0.05, 0) is 30.2 Å². The van der Waals surface area contributed by atoms with Crippen molar-refractivity contribution in [2.24, 2.45) is 5.92 Å². The van der Waals surface area contributed by atoms with E-state index in [-0.39, 0.29) is 16.8 Å². The van der Waals surface area contributed by atoms with E-state index < -0.39 is 23.3 Å². The van der Waals surface area contributed by atoms with Crippen molar-refractivity contribution < 1.29 is 22.4 Å². The number of benzene rings is 2. The molecule has 1 N–H and O–H groups in total. The highest BCUT2D eigenvalue weighted by atomic mass is 35.5. The highest BCUT2D eigenvalue weighted by Gasteiger charge is 2.51. The summed E-state index contributed by atoms with van der Waals surface area (Å²) in [5.74, 6) is -0.0211. The summed E-state index contributed by atoms with van der Waals surface area (Å²) >= 11 is 7.38. The maximum absolute atomic E-state index is 16.0. The van der Waals surface area contributed by atoms with Gasteiger partial charge in [0.05, 0.1) is 5.56 Å². The first-order chi connectivity index (χ1) is 12.5. The van der Waals surface area contributed by atoms with Gasteiger partial charge in [0.1, 0.15) is 0 Å². The fourth-order valence-corrected chi connectivity index (χ4v) is 4.20. The smallest absolute Gasteiger partial charge is 0.322 e. The van der Waals surface area contributed by atoms with Crippen LogP contribution < -0.4 is 5.32 Å². The number of rotatable bonds is 4. The lowest BCUT2D eigenvalue weighted by atomic mass is 9.88. The van der Waals surface area contributed by atoms with Gasteiger partial charge in [-0.15, -0.1) is 11.8 Å². The van der Waals surface area contributed by atoms with Gasteiger partial charge in [0.25, 0.3) is 5.91 Å². The summed E-state index contributed by atoms with van der Waals surface area (Å²) in [6.45, 7) is 4.00. The maximum Gasteiger partial charge on any atom is 0.416 e. The first-order valence-electron chi connectivity index (χ1n) is 8.18. The summed E-state index contributed by atoms with van der Waals surface area (Å²) in [5.41, 5.74) is -3.75. The lowest BCUT2D eigenvalue weighted by molar-refractivity contribution is -0.137. The largest absolute Gasteiger partial charge is 0.416 e. The van der Waals surface area contributed by atoms with Crippen LogP contribution in [0.2, 0.25) is 5.02 Å². The van der Waals surface area contributed by atoms with Gasteiger partial charge in [0.2, 0.25) is 5.67 Å². The predicted molar refractivity (Wildman–Crippen MR) is 99.0 cm³/mol. The van der Waals surface area contributed by atoms with Crippen molar-refractivity contribution >= 4 is 35.0 Å². The molecule has 2 nitrogen and oxygen atoms in total. The fourth-order valence-electron chi connectivity index (χ4n) is 2.88. The van der Waals surface area contributed by atoms with E-state index in [2.05, 4.69) is 5.32 Å². The van der Waals surface area contributed by atoms with Crippen molar-refractivity contribution in [1.82, 2.24) is 0 Å². The third-order valence-corrected chi connectivity index (χ3v) is 5.88. The van der Waals surface area contributed by atoms with Gasteiger partial charge in [-0.1, -0.05) is 37.6 Å². The number of nitrogens with one attached hydrogen (secondary N) is 1. The van der Waals surface area contributed by atoms with Gasteiger partial charge in [-0.3, -0.25) is 4.79 Å². The zero-order valence-corrected chi connectivity index (χ0v) is 16.0. The Morgan fingerprint density at radius 3 is 2.44 bits per heavy atom.